The fourth-order valence-electron chi connectivity index (χ4n) is 1.43. The van der Waals surface area contributed by atoms with E-state index < -0.39 is 6.04 Å². The lowest BCUT2D eigenvalue weighted by Gasteiger charge is -2.12. The van der Waals surface area contributed by atoms with E-state index in [1.165, 1.54) is 6.07 Å². The molecule has 0 radical (unpaired) electrons. The molecule has 4 N–H and O–H groups in total. The number of aromatic hydroxyl groups is 2. The molecule has 0 spiro atoms. The molecule has 0 unspecified atom stereocenters. The number of halogens is 1. The van der Waals surface area contributed by atoms with E-state index in [-0.39, 0.29) is 23.9 Å². The van der Waals surface area contributed by atoms with Crippen LogP contribution < -0.4 is 5.73 Å². The molecular formula is C11H12ClNO2S. The molecule has 1 aromatic carbocycles. The number of phenolic OH excluding ortho intramolecular Hbond substituents is 2. The van der Waals surface area contributed by atoms with E-state index in [0.29, 0.717) is 5.56 Å². The highest BCUT2D eigenvalue weighted by molar-refractivity contribution is 7.08. The average molecular weight is 258 g/mol. The van der Waals surface area contributed by atoms with Crippen LogP contribution in [-0.4, -0.2) is 10.2 Å². The summed E-state index contributed by atoms with van der Waals surface area (Å²) in [6, 6.07) is 6.30. The summed E-state index contributed by atoms with van der Waals surface area (Å²) in [5, 5.41) is 22.8. The molecule has 0 amide bonds. The fraction of sp³-hybridized carbons (Fsp3) is 0.0909. The van der Waals surface area contributed by atoms with Gasteiger partial charge < -0.3 is 15.9 Å². The van der Waals surface area contributed by atoms with Gasteiger partial charge in [0.05, 0.1) is 6.04 Å². The number of hydrogen-bond acceptors (Lipinski definition) is 4. The molecule has 0 saturated heterocycles. The van der Waals surface area contributed by atoms with E-state index in [1.54, 1.807) is 23.5 Å². The van der Waals surface area contributed by atoms with Gasteiger partial charge in [-0.2, -0.15) is 11.3 Å². The van der Waals surface area contributed by atoms with E-state index in [0.717, 1.165) is 5.56 Å². The maximum Gasteiger partial charge on any atom is 0.162 e. The van der Waals surface area contributed by atoms with E-state index >= 15 is 0 Å². The lowest BCUT2D eigenvalue weighted by molar-refractivity contribution is 0.398. The van der Waals surface area contributed by atoms with E-state index in [2.05, 4.69) is 0 Å². The molecule has 16 heavy (non-hydrogen) atoms. The topological polar surface area (TPSA) is 66.5 Å². The molecule has 2 aromatic rings. The lowest BCUT2D eigenvalue weighted by Crippen LogP contribution is -2.10. The van der Waals surface area contributed by atoms with Crippen LogP contribution in [0.5, 0.6) is 11.5 Å². The molecule has 5 heteroatoms. The van der Waals surface area contributed by atoms with Gasteiger partial charge in [0.15, 0.2) is 11.5 Å². The maximum absolute atomic E-state index is 9.64. The maximum atomic E-state index is 9.64. The first kappa shape index (κ1) is 12.8. The van der Waals surface area contributed by atoms with Crippen LogP contribution in [0.1, 0.15) is 17.2 Å². The number of thiophene rings is 1. The van der Waals surface area contributed by atoms with Crippen LogP contribution in [0, 0.1) is 0 Å². The zero-order valence-corrected chi connectivity index (χ0v) is 9.96. The van der Waals surface area contributed by atoms with Gasteiger partial charge in [-0.3, -0.25) is 0 Å². The largest absolute Gasteiger partial charge is 0.504 e. The third kappa shape index (κ3) is 2.29. The van der Waals surface area contributed by atoms with Crippen molar-refractivity contribution in [3.05, 3.63) is 46.2 Å². The van der Waals surface area contributed by atoms with E-state index in [1.807, 2.05) is 16.8 Å². The van der Waals surface area contributed by atoms with Crippen molar-refractivity contribution < 1.29 is 10.2 Å². The quantitative estimate of drug-likeness (QED) is 0.725. The molecule has 0 bridgehead atoms. The summed E-state index contributed by atoms with van der Waals surface area (Å²) in [4.78, 5) is 0. The Kier molecular flexibility index (Phi) is 4.18. The van der Waals surface area contributed by atoms with Gasteiger partial charge in [0.25, 0.3) is 0 Å². The Morgan fingerprint density at radius 1 is 1.19 bits per heavy atom. The van der Waals surface area contributed by atoms with Gasteiger partial charge in [0.2, 0.25) is 0 Å². The summed E-state index contributed by atoms with van der Waals surface area (Å²) in [6.45, 7) is 0. The first-order chi connectivity index (χ1) is 7.20. The first-order valence-corrected chi connectivity index (χ1v) is 5.43. The smallest absolute Gasteiger partial charge is 0.162 e. The van der Waals surface area contributed by atoms with Crippen LogP contribution in [0.15, 0.2) is 35.0 Å². The molecule has 0 aliphatic carbocycles. The standard InChI is InChI=1S/C11H11NO2S.ClH/c12-10(7-4-5-15-6-7)8-2-1-3-9(13)11(8)14;/h1-6,10,13-14H,12H2;1H/t10-;/m0./s1. The normalized spacial score (nSPS) is 11.8. The molecule has 1 aromatic heterocycles. The van der Waals surface area contributed by atoms with Crippen molar-refractivity contribution in [2.75, 3.05) is 0 Å². The Bertz CT molecular complexity index is 459. The third-order valence-corrected chi connectivity index (χ3v) is 2.98. The lowest BCUT2D eigenvalue weighted by atomic mass is 10.0. The predicted octanol–water partition coefficient (Wildman–Crippen LogP) is 2.63. The van der Waals surface area contributed by atoms with Crippen LogP contribution >= 0.6 is 23.7 Å². The second-order valence-electron chi connectivity index (χ2n) is 3.25. The predicted molar refractivity (Wildman–Crippen MR) is 67.4 cm³/mol. The second-order valence-corrected chi connectivity index (χ2v) is 4.03. The van der Waals surface area contributed by atoms with Crippen molar-refractivity contribution in [1.29, 1.82) is 0 Å². The van der Waals surface area contributed by atoms with E-state index in [9.17, 15) is 10.2 Å². The van der Waals surface area contributed by atoms with Gasteiger partial charge in [-0.25, -0.2) is 0 Å². The highest BCUT2D eigenvalue weighted by Crippen LogP contribution is 2.34. The van der Waals surface area contributed by atoms with Crippen LogP contribution in [0.4, 0.5) is 0 Å². The SMILES string of the molecule is Cl.N[C@@H](c1ccsc1)c1cccc(O)c1O. The van der Waals surface area contributed by atoms with Crippen LogP contribution in [0.3, 0.4) is 0 Å². The van der Waals surface area contributed by atoms with Gasteiger partial charge in [0.1, 0.15) is 0 Å². The Balaban J connectivity index is 0.00000128. The Morgan fingerprint density at radius 2 is 1.94 bits per heavy atom. The Labute approximate surface area is 104 Å². The monoisotopic (exact) mass is 257 g/mol. The van der Waals surface area contributed by atoms with Crippen molar-refractivity contribution in [3.8, 4) is 11.5 Å². The molecular weight excluding hydrogens is 246 g/mol. The van der Waals surface area contributed by atoms with Gasteiger partial charge >= 0.3 is 0 Å². The molecule has 86 valence electrons. The second kappa shape index (κ2) is 5.21. The van der Waals surface area contributed by atoms with Gasteiger partial charge in [-0.05, 0) is 28.5 Å². The van der Waals surface area contributed by atoms with Crippen LogP contribution in [-0.2, 0) is 0 Å². The number of hydrogen-bond donors (Lipinski definition) is 3. The van der Waals surface area contributed by atoms with E-state index in [4.69, 9.17) is 5.73 Å². The number of benzene rings is 1. The summed E-state index contributed by atoms with van der Waals surface area (Å²) in [5.74, 6) is -0.283. The van der Waals surface area contributed by atoms with Gasteiger partial charge in [-0.1, -0.05) is 12.1 Å². The fourth-order valence-corrected chi connectivity index (χ4v) is 2.13. The molecule has 0 fully saturated rings. The van der Waals surface area contributed by atoms with Crippen molar-refractivity contribution in [3.63, 3.8) is 0 Å². The minimum absolute atomic E-state index is 0. The van der Waals surface area contributed by atoms with Crippen LogP contribution in [0.2, 0.25) is 0 Å². The summed E-state index contributed by atoms with van der Waals surface area (Å²) in [7, 11) is 0. The average Bonchev–Trinajstić information content (AvgIpc) is 2.74. The molecule has 1 heterocycles. The summed E-state index contributed by atoms with van der Waals surface area (Å²) >= 11 is 1.55. The molecule has 0 saturated carbocycles. The highest BCUT2D eigenvalue weighted by Gasteiger charge is 2.15. The number of nitrogens with two attached hydrogens (primary N) is 1. The number of rotatable bonds is 2. The minimum atomic E-state index is -0.400. The van der Waals surface area contributed by atoms with Crippen molar-refractivity contribution in [1.82, 2.24) is 0 Å². The Hall–Kier alpha value is -1.23. The zero-order valence-electron chi connectivity index (χ0n) is 8.33. The molecule has 3 nitrogen and oxygen atoms in total. The molecule has 1 atom stereocenters. The number of phenols is 2. The molecule has 0 aliphatic heterocycles. The van der Waals surface area contributed by atoms with Gasteiger partial charge in [-0.15, -0.1) is 12.4 Å². The highest BCUT2D eigenvalue weighted by atomic mass is 35.5. The van der Waals surface area contributed by atoms with Gasteiger partial charge in [0, 0.05) is 5.56 Å². The molecule has 2 rings (SSSR count). The van der Waals surface area contributed by atoms with Crippen molar-refractivity contribution in [2.45, 2.75) is 6.04 Å². The summed E-state index contributed by atoms with van der Waals surface area (Å²) in [5.41, 5.74) is 7.43. The molecule has 0 aliphatic rings. The summed E-state index contributed by atoms with van der Waals surface area (Å²) in [6.07, 6.45) is 0. The first-order valence-electron chi connectivity index (χ1n) is 4.48. The van der Waals surface area contributed by atoms with Crippen molar-refractivity contribution >= 4 is 23.7 Å². The van der Waals surface area contributed by atoms with Crippen molar-refractivity contribution in [2.24, 2.45) is 5.73 Å². The van der Waals surface area contributed by atoms with Crippen LogP contribution in [0.25, 0.3) is 0 Å². The Morgan fingerprint density at radius 3 is 2.56 bits per heavy atom. The third-order valence-electron chi connectivity index (χ3n) is 2.28. The minimum Gasteiger partial charge on any atom is -0.504 e. The zero-order chi connectivity index (χ0) is 10.8. The summed E-state index contributed by atoms with van der Waals surface area (Å²) < 4.78 is 0. The number of para-hydroxylation sites is 1.